The number of sulfonamides is 1. The van der Waals surface area contributed by atoms with Crippen molar-refractivity contribution in [2.24, 2.45) is 0 Å². The molecule has 1 aromatic heterocycles. The molecule has 7 nitrogen and oxygen atoms in total. The first-order valence-corrected chi connectivity index (χ1v) is 10.1. The Balaban J connectivity index is 1.89. The molecule has 0 bridgehead atoms. The Morgan fingerprint density at radius 2 is 1.81 bits per heavy atom. The van der Waals surface area contributed by atoms with Gasteiger partial charge in [-0.25, -0.2) is 8.42 Å². The van der Waals surface area contributed by atoms with E-state index in [1.807, 2.05) is 20.9 Å². The highest BCUT2D eigenvalue weighted by atomic mass is 32.2. The molecule has 0 spiro atoms. The van der Waals surface area contributed by atoms with E-state index >= 15 is 0 Å². The van der Waals surface area contributed by atoms with Gasteiger partial charge in [-0.3, -0.25) is 4.72 Å². The van der Waals surface area contributed by atoms with Crippen LogP contribution in [0.25, 0.3) is 11.5 Å². The smallest absolute Gasteiger partial charge is 0.261 e. The second-order valence-electron chi connectivity index (χ2n) is 6.37. The summed E-state index contributed by atoms with van der Waals surface area (Å²) in [7, 11) is -1.86. The predicted octanol–water partition coefficient (Wildman–Crippen LogP) is 3.00. The van der Waals surface area contributed by atoms with Crippen molar-refractivity contribution in [1.82, 2.24) is 15.5 Å². The van der Waals surface area contributed by atoms with Crippen molar-refractivity contribution in [2.75, 3.05) is 11.8 Å². The van der Waals surface area contributed by atoms with Crippen molar-refractivity contribution >= 4 is 15.7 Å². The molecule has 27 heavy (non-hydrogen) atoms. The van der Waals surface area contributed by atoms with E-state index in [1.54, 1.807) is 48.5 Å². The Morgan fingerprint density at radius 1 is 1.11 bits per heavy atom. The molecule has 0 saturated heterocycles. The van der Waals surface area contributed by atoms with E-state index in [2.05, 4.69) is 20.2 Å². The van der Waals surface area contributed by atoms with E-state index in [9.17, 15) is 8.42 Å². The molecule has 3 aromatic rings. The monoisotopic (exact) mass is 386 g/mol. The van der Waals surface area contributed by atoms with Gasteiger partial charge in [-0.05, 0) is 45.2 Å². The Hall–Kier alpha value is -2.71. The van der Waals surface area contributed by atoms with E-state index < -0.39 is 10.0 Å². The molecule has 8 heteroatoms. The van der Waals surface area contributed by atoms with E-state index in [4.69, 9.17) is 4.52 Å². The van der Waals surface area contributed by atoms with Crippen LogP contribution in [0.4, 0.5) is 5.69 Å². The summed E-state index contributed by atoms with van der Waals surface area (Å²) in [6.07, 6.45) is 0.608. The molecule has 1 unspecified atom stereocenters. The summed E-state index contributed by atoms with van der Waals surface area (Å²) in [5.74, 6) is 0.832. The zero-order chi connectivity index (χ0) is 19.4. The molecule has 2 aromatic carbocycles. The maximum atomic E-state index is 12.7. The average Bonchev–Trinajstić information content (AvgIpc) is 3.10. The molecular formula is C19H22N4O3S. The van der Waals surface area contributed by atoms with Crippen molar-refractivity contribution in [2.45, 2.75) is 31.2 Å². The van der Waals surface area contributed by atoms with Crippen LogP contribution in [0.5, 0.6) is 0 Å². The van der Waals surface area contributed by atoms with Crippen LogP contribution in [0.15, 0.2) is 57.9 Å². The summed E-state index contributed by atoms with van der Waals surface area (Å²) in [6.45, 7) is 3.92. The van der Waals surface area contributed by atoms with Crippen LogP contribution in [-0.2, 0) is 16.4 Å². The standard InChI is InChI=1S/C19H22N4O3S/c1-13-8-10-15(11-9-13)27(24,25)23-17-7-5-4-6-16(17)19-21-18(22-26-19)12-14(2)20-3/h4-11,14,20,23H,12H2,1-3H3. The highest BCUT2D eigenvalue weighted by Crippen LogP contribution is 2.28. The molecule has 0 radical (unpaired) electrons. The minimum Gasteiger partial charge on any atom is -0.334 e. The van der Waals surface area contributed by atoms with Crippen molar-refractivity contribution in [3.05, 3.63) is 59.9 Å². The number of benzene rings is 2. The van der Waals surface area contributed by atoms with Gasteiger partial charge < -0.3 is 9.84 Å². The molecule has 1 heterocycles. The Kier molecular flexibility index (Phi) is 5.57. The number of aryl methyl sites for hydroxylation is 1. The second-order valence-corrected chi connectivity index (χ2v) is 8.06. The summed E-state index contributed by atoms with van der Waals surface area (Å²) >= 11 is 0. The summed E-state index contributed by atoms with van der Waals surface area (Å²) in [6, 6.07) is 13.8. The number of rotatable bonds is 7. The summed E-state index contributed by atoms with van der Waals surface area (Å²) in [5.41, 5.74) is 1.91. The topological polar surface area (TPSA) is 97.1 Å². The van der Waals surface area contributed by atoms with Crippen LogP contribution in [-0.4, -0.2) is 31.6 Å². The van der Waals surface area contributed by atoms with Crippen molar-refractivity contribution in [3.8, 4) is 11.5 Å². The molecule has 0 amide bonds. The molecular weight excluding hydrogens is 364 g/mol. The molecule has 0 aliphatic rings. The first kappa shape index (κ1) is 19.1. The largest absolute Gasteiger partial charge is 0.334 e. The average molecular weight is 386 g/mol. The van der Waals surface area contributed by atoms with Gasteiger partial charge >= 0.3 is 0 Å². The van der Waals surface area contributed by atoms with Gasteiger partial charge in [0.05, 0.1) is 16.1 Å². The lowest BCUT2D eigenvalue weighted by Gasteiger charge is -2.11. The van der Waals surface area contributed by atoms with Crippen molar-refractivity contribution in [3.63, 3.8) is 0 Å². The van der Waals surface area contributed by atoms with Crippen LogP contribution >= 0.6 is 0 Å². The minimum atomic E-state index is -3.73. The number of hydrogen-bond donors (Lipinski definition) is 2. The first-order valence-electron chi connectivity index (χ1n) is 8.58. The lowest BCUT2D eigenvalue weighted by atomic mass is 10.2. The van der Waals surface area contributed by atoms with Gasteiger partial charge in [0.15, 0.2) is 5.82 Å². The molecule has 142 valence electrons. The molecule has 0 fully saturated rings. The highest BCUT2D eigenvalue weighted by Gasteiger charge is 2.19. The number of likely N-dealkylation sites (N-methyl/N-ethyl adjacent to an activating group) is 1. The van der Waals surface area contributed by atoms with Gasteiger partial charge in [-0.1, -0.05) is 35.0 Å². The van der Waals surface area contributed by atoms with Gasteiger partial charge in [0.25, 0.3) is 15.9 Å². The maximum Gasteiger partial charge on any atom is 0.261 e. The zero-order valence-electron chi connectivity index (χ0n) is 15.4. The van der Waals surface area contributed by atoms with Crippen LogP contribution < -0.4 is 10.0 Å². The first-order chi connectivity index (χ1) is 12.9. The zero-order valence-corrected chi connectivity index (χ0v) is 16.2. The lowest BCUT2D eigenvalue weighted by Crippen LogP contribution is -2.24. The summed E-state index contributed by atoms with van der Waals surface area (Å²) in [4.78, 5) is 4.58. The third-order valence-corrected chi connectivity index (χ3v) is 5.56. The number of aromatic nitrogens is 2. The summed E-state index contributed by atoms with van der Waals surface area (Å²) < 4.78 is 33.4. The third kappa shape index (κ3) is 4.53. The molecule has 0 aliphatic heterocycles. The van der Waals surface area contributed by atoms with Crippen molar-refractivity contribution in [1.29, 1.82) is 0 Å². The van der Waals surface area contributed by atoms with Crippen LogP contribution in [0.3, 0.4) is 0 Å². The van der Waals surface area contributed by atoms with Gasteiger partial charge in [0.2, 0.25) is 0 Å². The maximum absolute atomic E-state index is 12.7. The SMILES string of the molecule is CNC(C)Cc1noc(-c2ccccc2NS(=O)(=O)c2ccc(C)cc2)n1. The minimum absolute atomic E-state index is 0.192. The number of nitrogens with zero attached hydrogens (tertiary/aromatic N) is 2. The quantitative estimate of drug-likeness (QED) is 0.648. The third-order valence-electron chi connectivity index (χ3n) is 4.18. The van der Waals surface area contributed by atoms with Gasteiger partial charge in [0, 0.05) is 12.5 Å². The second kappa shape index (κ2) is 7.89. The van der Waals surface area contributed by atoms with Gasteiger partial charge in [0.1, 0.15) is 0 Å². The van der Waals surface area contributed by atoms with Gasteiger partial charge in [-0.15, -0.1) is 0 Å². The molecule has 2 N–H and O–H groups in total. The Bertz CT molecular complexity index is 1010. The molecule has 0 aliphatic carbocycles. The summed E-state index contributed by atoms with van der Waals surface area (Å²) in [5, 5.41) is 7.10. The molecule has 1 atom stereocenters. The Labute approximate surface area is 158 Å². The highest BCUT2D eigenvalue weighted by molar-refractivity contribution is 7.92. The molecule has 3 rings (SSSR count). The number of anilines is 1. The van der Waals surface area contributed by atoms with Gasteiger partial charge in [-0.2, -0.15) is 4.98 Å². The van der Waals surface area contributed by atoms with Crippen LogP contribution in [0.1, 0.15) is 18.3 Å². The van der Waals surface area contributed by atoms with E-state index in [0.717, 1.165) is 5.56 Å². The predicted molar refractivity (Wildman–Crippen MR) is 104 cm³/mol. The fraction of sp³-hybridized carbons (Fsp3) is 0.263. The fourth-order valence-electron chi connectivity index (χ4n) is 2.50. The molecule has 0 saturated carbocycles. The fourth-order valence-corrected chi connectivity index (χ4v) is 3.58. The van der Waals surface area contributed by atoms with Crippen LogP contribution in [0, 0.1) is 6.92 Å². The Morgan fingerprint density at radius 3 is 2.52 bits per heavy atom. The normalized spacial score (nSPS) is 12.7. The van der Waals surface area contributed by atoms with E-state index in [1.165, 1.54) is 0 Å². The number of para-hydroxylation sites is 1. The van der Waals surface area contributed by atoms with Crippen LogP contribution in [0.2, 0.25) is 0 Å². The number of nitrogens with one attached hydrogen (secondary N) is 2. The van der Waals surface area contributed by atoms with E-state index in [-0.39, 0.29) is 16.8 Å². The van der Waals surface area contributed by atoms with Crippen molar-refractivity contribution < 1.29 is 12.9 Å². The number of hydrogen-bond acceptors (Lipinski definition) is 6. The van der Waals surface area contributed by atoms with E-state index in [0.29, 0.717) is 23.5 Å². The lowest BCUT2D eigenvalue weighted by molar-refractivity contribution is 0.418.